The smallest absolute Gasteiger partial charge is 0.331 e. The number of halogens is 1. The zero-order valence-electron chi connectivity index (χ0n) is 12.6. The monoisotopic (exact) mass is 324 g/mol. The van der Waals surface area contributed by atoms with Crippen LogP contribution in [0.4, 0.5) is 4.39 Å². The van der Waals surface area contributed by atoms with E-state index in [2.05, 4.69) is 0 Å². The molecular formula is C19H13FO4. The van der Waals surface area contributed by atoms with Crippen molar-refractivity contribution in [2.45, 2.75) is 0 Å². The molecule has 0 unspecified atom stereocenters. The number of hydrogen-bond donors (Lipinski definition) is 0. The lowest BCUT2D eigenvalue weighted by atomic mass is 10.2. The van der Waals surface area contributed by atoms with Gasteiger partial charge in [-0.25, -0.2) is 9.18 Å². The quantitative estimate of drug-likeness (QED) is 0.404. The van der Waals surface area contributed by atoms with Crippen LogP contribution in [0.3, 0.4) is 0 Å². The molecule has 1 aromatic heterocycles. The normalized spacial score (nSPS) is 11.0. The lowest BCUT2D eigenvalue weighted by Gasteiger charge is -1.99. The molecule has 0 atom stereocenters. The summed E-state index contributed by atoms with van der Waals surface area (Å²) in [6, 6.07) is 14.8. The number of esters is 1. The number of fused-ring (bicyclic) bond motifs is 1. The summed E-state index contributed by atoms with van der Waals surface area (Å²) < 4.78 is 23.7. The molecule has 0 aliphatic rings. The van der Waals surface area contributed by atoms with E-state index in [9.17, 15) is 14.0 Å². The molecule has 120 valence electrons. The van der Waals surface area contributed by atoms with Gasteiger partial charge in [0, 0.05) is 17.0 Å². The number of ketones is 1. The van der Waals surface area contributed by atoms with Gasteiger partial charge in [0.05, 0.1) is 0 Å². The van der Waals surface area contributed by atoms with E-state index in [1.54, 1.807) is 30.3 Å². The second-order valence-corrected chi connectivity index (χ2v) is 5.03. The first-order valence-corrected chi connectivity index (χ1v) is 7.24. The predicted octanol–water partition coefficient (Wildman–Crippen LogP) is 4.01. The van der Waals surface area contributed by atoms with E-state index in [4.69, 9.17) is 9.15 Å². The molecule has 0 spiro atoms. The van der Waals surface area contributed by atoms with Crippen LogP contribution in [-0.4, -0.2) is 18.4 Å². The fourth-order valence-electron chi connectivity index (χ4n) is 2.14. The van der Waals surface area contributed by atoms with Gasteiger partial charge in [0.25, 0.3) is 0 Å². The van der Waals surface area contributed by atoms with Crippen LogP contribution in [0.25, 0.3) is 17.0 Å². The highest BCUT2D eigenvalue weighted by atomic mass is 19.1. The molecule has 24 heavy (non-hydrogen) atoms. The number of benzene rings is 2. The molecule has 0 saturated heterocycles. The maximum Gasteiger partial charge on any atom is 0.331 e. The Labute approximate surface area is 137 Å². The van der Waals surface area contributed by atoms with E-state index in [-0.39, 0.29) is 11.3 Å². The van der Waals surface area contributed by atoms with Gasteiger partial charge in [-0.2, -0.15) is 0 Å². The molecule has 1 heterocycles. The number of furan rings is 1. The highest BCUT2D eigenvalue weighted by molar-refractivity contribution is 5.99. The molecule has 3 rings (SSSR count). The van der Waals surface area contributed by atoms with Gasteiger partial charge in [0.15, 0.2) is 12.4 Å². The van der Waals surface area contributed by atoms with Gasteiger partial charge in [0.2, 0.25) is 5.78 Å². The number of ether oxygens (including phenoxy) is 1. The van der Waals surface area contributed by atoms with Crippen LogP contribution >= 0.6 is 0 Å². The number of para-hydroxylation sites is 1. The Morgan fingerprint density at radius 3 is 2.62 bits per heavy atom. The topological polar surface area (TPSA) is 56.5 Å². The van der Waals surface area contributed by atoms with Crippen LogP contribution in [0, 0.1) is 5.82 Å². The molecule has 0 amide bonds. The minimum atomic E-state index is -0.734. The lowest BCUT2D eigenvalue weighted by molar-refractivity contribution is -0.136. The van der Waals surface area contributed by atoms with Crippen LogP contribution in [0.15, 0.2) is 65.1 Å². The van der Waals surface area contributed by atoms with E-state index >= 15 is 0 Å². The molecule has 5 heteroatoms. The fraction of sp³-hybridized carbons (Fsp3) is 0.0526. The van der Waals surface area contributed by atoms with Gasteiger partial charge in [-0.1, -0.05) is 36.4 Å². The first-order chi connectivity index (χ1) is 11.6. The highest BCUT2D eigenvalue weighted by Crippen LogP contribution is 2.19. The second kappa shape index (κ2) is 6.91. The van der Waals surface area contributed by atoms with Crippen molar-refractivity contribution >= 4 is 28.8 Å². The molecule has 0 N–H and O–H groups in total. The van der Waals surface area contributed by atoms with Crippen LogP contribution in [0.5, 0.6) is 0 Å². The number of carbonyl (C=O) groups is 2. The summed E-state index contributed by atoms with van der Waals surface area (Å²) in [6.07, 6.45) is 2.37. The van der Waals surface area contributed by atoms with Gasteiger partial charge in [-0.05, 0) is 24.3 Å². The van der Waals surface area contributed by atoms with Gasteiger partial charge < -0.3 is 9.15 Å². The lowest BCUT2D eigenvalue weighted by Crippen LogP contribution is -2.11. The Morgan fingerprint density at radius 1 is 1.08 bits per heavy atom. The second-order valence-electron chi connectivity index (χ2n) is 5.03. The zero-order valence-corrected chi connectivity index (χ0v) is 12.6. The first kappa shape index (κ1) is 15.7. The van der Waals surface area contributed by atoms with Crippen LogP contribution < -0.4 is 0 Å². The van der Waals surface area contributed by atoms with Crippen molar-refractivity contribution in [3.63, 3.8) is 0 Å². The van der Waals surface area contributed by atoms with E-state index in [0.29, 0.717) is 5.58 Å². The van der Waals surface area contributed by atoms with Crippen molar-refractivity contribution < 1.29 is 23.1 Å². The molecule has 0 aliphatic heterocycles. The van der Waals surface area contributed by atoms with E-state index in [0.717, 1.165) is 11.5 Å². The van der Waals surface area contributed by atoms with Crippen LogP contribution in [-0.2, 0) is 9.53 Å². The largest absolute Gasteiger partial charge is 0.454 e. The average molecular weight is 324 g/mol. The fourth-order valence-corrected chi connectivity index (χ4v) is 2.14. The summed E-state index contributed by atoms with van der Waals surface area (Å²) >= 11 is 0. The van der Waals surface area contributed by atoms with Crippen molar-refractivity contribution in [3.05, 3.63) is 77.8 Å². The molecular weight excluding hydrogens is 311 g/mol. The molecule has 0 bridgehead atoms. The Kier molecular flexibility index (Phi) is 4.52. The first-order valence-electron chi connectivity index (χ1n) is 7.24. The SMILES string of the molecule is O=C(/C=C/c1ccccc1F)OCC(=O)c1cc2ccccc2o1. The van der Waals surface area contributed by atoms with E-state index < -0.39 is 24.2 Å². The molecule has 0 fully saturated rings. The Bertz CT molecular complexity index is 891. The third kappa shape index (κ3) is 3.57. The van der Waals surface area contributed by atoms with Gasteiger partial charge in [-0.3, -0.25) is 4.79 Å². The Balaban J connectivity index is 1.59. The molecule has 0 aliphatic carbocycles. The summed E-state index contributed by atoms with van der Waals surface area (Å²) in [5.74, 6) is -1.50. The van der Waals surface area contributed by atoms with Crippen molar-refractivity contribution in [1.82, 2.24) is 0 Å². The highest BCUT2D eigenvalue weighted by Gasteiger charge is 2.13. The van der Waals surface area contributed by atoms with Crippen LogP contribution in [0.2, 0.25) is 0 Å². The van der Waals surface area contributed by atoms with Crippen LogP contribution in [0.1, 0.15) is 16.1 Å². The van der Waals surface area contributed by atoms with Gasteiger partial charge in [-0.15, -0.1) is 0 Å². The standard InChI is InChI=1S/C19H13FO4/c20-15-7-3-1-5-13(15)9-10-19(22)23-12-16(21)18-11-14-6-2-4-8-17(14)24-18/h1-11H,12H2/b10-9+. The Hall–Kier alpha value is -3.21. The molecule has 0 radical (unpaired) electrons. The maximum atomic E-state index is 13.4. The average Bonchev–Trinajstić information content (AvgIpc) is 3.03. The molecule has 0 saturated carbocycles. The summed E-state index contributed by atoms with van der Waals surface area (Å²) in [4.78, 5) is 23.6. The van der Waals surface area contributed by atoms with E-state index in [1.165, 1.54) is 18.2 Å². The number of Topliss-reactive ketones (excluding diaryl/α,β-unsaturated/α-hetero) is 1. The van der Waals surface area contributed by atoms with Crippen molar-refractivity contribution in [1.29, 1.82) is 0 Å². The number of hydrogen-bond acceptors (Lipinski definition) is 4. The number of rotatable bonds is 5. The Morgan fingerprint density at radius 2 is 1.83 bits per heavy atom. The minimum absolute atomic E-state index is 0.127. The minimum Gasteiger partial charge on any atom is -0.454 e. The number of carbonyl (C=O) groups excluding carboxylic acids is 2. The summed E-state index contributed by atoms with van der Waals surface area (Å²) in [7, 11) is 0. The molecule has 4 nitrogen and oxygen atoms in total. The van der Waals surface area contributed by atoms with Gasteiger partial charge >= 0.3 is 5.97 Å². The third-order valence-corrected chi connectivity index (χ3v) is 3.35. The third-order valence-electron chi connectivity index (χ3n) is 3.35. The van der Waals surface area contributed by atoms with E-state index in [1.807, 2.05) is 12.1 Å². The predicted molar refractivity (Wildman–Crippen MR) is 86.9 cm³/mol. The summed E-state index contributed by atoms with van der Waals surface area (Å²) in [5.41, 5.74) is 0.852. The van der Waals surface area contributed by atoms with Gasteiger partial charge in [0.1, 0.15) is 11.4 Å². The van der Waals surface area contributed by atoms with Crippen molar-refractivity contribution in [2.24, 2.45) is 0 Å². The van der Waals surface area contributed by atoms with Crippen molar-refractivity contribution in [3.8, 4) is 0 Å². The maximum absolute atomic E-state index is 13.4. The summed E-state index contributed by atoms with van der Waals surface area (Å²) in [5, 5.41) is 0.798. The molecule has 2 aromatic carbocycles. The zero-order chi connectivity index (χ0) is 16.9. The summed E-state index contributed by atoms with van der Waals surface area (Å²) in [6.45, 7) is -0.444. The van der Waals surface area contributed by atoms with Crippen molar-refractivity contribution in [2.75, 3.05) is 6.61 Å². The molecule has 3 aromatic rings.